The zero-order chi connectivity index (χ0) is 14.3. The van der Waals surface area contributed by atoms with Gasteiger partial charge in [-0.15, -0.1) is 11.6 Å². The number of anilines is 1. The third-order valence-electron chi connectivity index (χ3n) is 2.65. The number of nitrogens with zero attached hydrogens (tertiary/aromatic N) is 1. The Morgan fingerprint density at radius 3 is 2.63 bits per heavy atom. The lowest BCUT2D eigenvalue weighted by molar-refractivity contribution is -0.137. The normalized spacial score (nSPS) is 23.4. The van der Waals surface area contributed by atoms with Gasteiger partial charge >= 0.3 is 6.18 Å². The molecule has 1 aliphatic rings. The third-order valence-corrected chi connectivity index (χ3v) is 2.95. The van der Waals surface area contributed by atoms with Gasteiger partial charge < -0.3 is 0 Å². The minimum absolute atomic E-state index is 0.201. The number of halogens is 4. The van der Waals surface area contributed by atoms with Crippen LogP contribution >= 0.6 is 11.6 Å². The molecule has 102 valence electrons. The van der Waals surface area contributed by atoms with Crippen LogP contribution in [0.1, 0.15) is 12.5 Å². The number of alkyl halides is 4. The van der Waals surface area contributed by atoms with E-state index in [9.17, 15) is 18.0 Å². The lowest BCUT2D eigenvalue weighted by Crippen LogP contribution is -2.50. The number of hydrogen-bond donors (Lipinski definition) is 1. The molecule has 0 aliphatic carbocycles. The van der Waals surface area contributed by atoms with Gasteiger partial charge in [0.15, 0.2) is 0 Å². The summed E-state index contributed by atoms with van der Waals surface area (Å²) in [5, 5.41) is 1.20. The molecule has 3 nitrogen and oxygen atoms in total. The first-order valence-electron chi connectivity index (χ1n) is 5.36. The van der Waals surface area contributed by atoms with Crippen molar-refractivity contribution in [2.45, 2.75) is 18.0 Å². The molecular formula is C12H10ClF3N2O. The van der Waals surface area contributed by atoms with Gasteiger partial charge in [-0.25, -0.2) is 0 Å². The summed E-state index contributed by atoms with van der Waals surface area (Å²) in [6.07, 6.45) is -1.60. The predicted octanol–water partition coefficient (Wildman–Crippen LogP) is 3.07. The average Bonchev–Trinajstić information content (AvgIpc) is 2.32. The first-order chi connectivity index (χ1) is 8.70. The topological polar surface area (TPSA) is 32.3 Å². The summed E-state index contributed by atoms with van der Waals surface area (Å²) in [5.41, 5.74) is 1.83. The van der Waals surface area contributed by atoms with Gasteiger partial charge in [0.1, 0.15) is 4.87 Å². The molecule has 0 bridgehead atoms. The quantitative estimate of drug-likeness (QED) is 0.806. The Hall–Kier alpha value is -1.69. The lowest BCUT2D eigenvalue weighted by Gasteiger charge is -2.30. The number of rotatable bonds is 1. The van der Waals surface area contributed by atoms with Crippen molar-refractivity contribution in [3.8, 4) is 0 Å². The number of carbonyl (C=O) groups excluding carboxylic acids is 1. The van der Waals surface area contributed by atoms with Crippen LogP contribution in [-0.4, -0.2) is 10.8 Å². The molecule has 1 aromatic carbocycles. The molecule has 1 aromatic rings. The van der Waals surface area contributed by atoms with Crippen LogP contribution in [0, 0.1) is 0 Å². The summed E-state index contributed by atoms with van der Waals surface area (Å²) in [7, 11) is 0. The first kappa shape index (κ1) is 13.7. The molecule has 0 radical (unpaired) electrons. The van der Waals surface area contributed by atoms with E-state index in [2.05, 4.69) is 5.43 Å². The molecule has 1 aliphatic heterocycles. The molecule has 0 saturated carbocycles. The van der Waals surface area contributed by atoms with E-state index in [4.69, 9.17) is 11.6 Å². The number of hydrazine groups is 1. The highest BCUT2D eigenvalue weighted by Crippen LogP contribution is 2.32. The molecule has 19 heavy (non-hydrogen) atoms. The molecule has 2 rings (SSSR count). The van der Waals surface area contributed by atoms with E-state index in [1.54, 1.807) is 0 Å². The summed E-state index contributed by atoms with van der Waals surface area (Å²) in [6.45, 7) is 1.49. The molecule has 1 atom stereocenters. The van der Waals surface area contributed by atoms with Crippen molar-refractivity contribution in [3.63, 3.8) is 0 Å². The molecule has 1 amide bonds. The zero-order valence-electron chi connectivity index (χ0n) is 9.83. The number of hydrogen-bond acceptors (Lipinski definition) is 2. The van der Waals surface area contributed by atoms with Crippen molar-refractivity contribution in [2.75, 3.05) is 5.01 Å². The van der Waals surface area contributed by atoms with Crippen LogP contribution in [0.2, 0.25) is 0 Å². The summed E-state index contributed by atoms with van der Waals surface area (Å²) in [4.78, 5) is 10.4. The highest BCUT2D eigenvalue weighted by Gasteiger charge is 2.34. The van der Waals surface area contributed by atoms with Crippen LogP contribution in [0.3, 0.4) is 0 Å². The number of carbonyl (C=O) groups is 1. The smallest absolute Gasteiger partial charge is 0.271 e. The maximum Gasteiger partial charge on any atom is 0.416 e. The summed E-state index contributed by atoms with van der Waals surface area (Å²) in [6, 6.07) is 4.63. The van der Waals surface area contributed by atoms with E-state index in [1.807, 2.05) is 0 Å². The molecule has 1 unspecified atom stereocenters. The Morgan fingerprint density at radius 1 is 1.37 bits per heavy atom. The Morgan fingerprint density at radius 2 is 2.05 bits per heavy atom. The molecule has 1 heterocycles. The standard InChI is InChI=1S/C12H10ClF3N2O/c1-11(13)5-6-18(17-10(11)19)9-4-2-3-8(7-9)12(14,15)16/h2-7H,1H3,(H,17,19). The minimum Gasteiger partial charge on any atom is -0.271 e. The monoisotopic (exact) mass is 290 g/mol. The number of benzene rings is 1. The van der Waals surface area contributed by atoms with Gasteiger partial charge in [-0.3, -0.25) is 15.2 Å². The fraction of sp³-hybridized carbons (Fsp3) is 0.250. The average molecular weight is 291 g/mol. The minimum atomic E-state index is -4.43. The highest BCUT2D eigenvalue weighted by molar-refractivity contribution is 6.36. The van der Waals surface area contributed by atoms with Crippen LogP contribution < -0.4 is 10.4 Å². The first-order valence-corrected chi connectivity index (χ1v) is 5.74. The van der Waals surface area contributed by atoms with Crippen molar-refractivity contribution in [3.05, 3.63) is 42.1 Å². The molecule has 0 aromatic heterocycles. The second-order valence-electron chi connectivity index (χ2n) is 4.25. The Balaban J connectivity index is 2.32. The zero-order valence-corrected chi connectivity index (χ0v) is 10.6. The van der Waals surface area contributed by atoms with E-state index in [-0.39, 0.29) is 5.69 Å². The van der Waals surface area contributed by atoms with Gasteiger partial charge in [0.2, 0.25) is 0 Å². The highest BCUT2D eigenvalue weighted by atomic mass is 35.5. The van der Waals surface area contributed by atoms with Crippen molar-refractivity contribution in [2.24, 2.45) is 0 Å². The van der Waals surface area contributed by atoms with E-state index in [0.717, 1.165) is 12.1 Å². The van der Waals surface area contributed by atoms with Crippen LogP contribution in [0.5, 0.6) is 0 Å². The van der Waals surface area contributed by atoms with Crippen molar-refractivity contribution < 1.29 is 18.0 Å². The second-order valence-corrected chi connectivity index (χ2v) is 5.04. The predicted molar refractivity (Wildman–Crippen MR) is 65.5 cm³/mol. The SMILES string of the molecule is CC1(Cl)C=CN(c2cccc(C(F)(F)F)c2)NC1=O. The second kappa shape index (κ2) is 4.45. The van der Waals surface area contributed by atoms with Gasteiger partial charge in [-0.1, -0.05) is 6.07 Å². The van der Waals surface area contributed by atoms with Crippen molar-refractivity contribution in [1.29, 1.82) is 0 Å². The molecule has 1 N–H and O–H groups in total. The van der Waals surface area contributed by atoms with Crippen LogP contribution in [0.25, 0.3) is 0 Å². The fourth-order valence-electron chi connectivity index (χ4n) is 1.53. The van der Waals surface area contributed by atoms with Crippen molar-refractivity contribution >= 4 is 23.2 Å². The van der Waals surface area contributed by atoms with E-state index >= 15 is 0 Å². The molecule has 7 heteroatoms. The number of amides is 1. The van der Waals surface area contributed by atoms with E-state index < -0.39 is 22.5 Å². The van der Waals surface area contributed by atoms with Gasteiger partial charge in [0.25, 0.3) is 5.91 Å². The van der Waals surface area contributed by atoms with Crippen molar-refractivity contribution in [1.82, 2.24) is 5.43 Å². The van der Waals surface area contributed by atoms with Gasteiger partial charge in [0, 0.05) is 6.20 Å². The largest absolute Gasteiger partial charge is 0.416 e. The molecule has 0 fully saturated rings. The Kier molecular flexibility index (Phi) is 3.22. The van der Waals surface area contributed by atoms with E-state index in [1.165, 1.54) is 36.3 Å². The molecule has 0 saturated heterocycles. The summed E-state index contributed by atoms with van der Waals surface area (Å²) >= 11 is 5.87. The summed E-state index contributed by atoms with van der Waals surface area (Å²) < 4.78 is 37.8. The van der Waals surface area contributed by atoms with Gasteiger partial charge in [-0.2, -0.15) is 13.2 Å². The maximum atomic E-state index is 12.6. The lowest BCUT2D eigenvalue weighted by atomic mass is 10.1. The summed E-state index contributed by atoms with van der Waals surface area (Å²) in [5.74, 6) is -0.505. The Labute approximate surface area is 112 Å². The van der Waals surface area contributed by atoms with E-state index in [0.29, 0.717) is 0 Å². The van der Waals surface area contributed by atoms with Gasteiger partial charge in [-0.05, 0) is 31.2 Å². The number of nitrogens with one attached hydrogen (secondary N) is 1. The van der Waals surface area contributed by atoms with Crippen LogP contribution in [0.4, 0.5) is 18.9 Å². The fourth-order valence-corrected chi connectivity index (χ4v) is 1.63. The Bertz CT molecular complexity index is 540. The third kappa shape index (κ3) is 2.84. The van der Waals surface area contributed by atoms with Gasteiger partial charge in [0.05, 0.1) is 11.3 Å². The van der Waals surface area contributed by atoms with Crippen LogP contribution in [-0.2, 0) is 11.0 Å². The molecule has 0 spiro atoms. The van der Waals surface area contributed by atoms with Crippen LogP contribution in [0.15, 0.2) is 36.5 Å². The molecular weight excluding hydrogens is 281 g/mol. The maximum absolute atomic E-state index is 12.6.